The molecule has 2 N–H and O–H groups in total. The Morgan fingerprint density at radius 1 is 1.47 bits per heavy atom. The van der Waals surface area contributed by atoms with E-state index in [0.29, 0.717) is 12.1 Å². The number of nitrogens with one attached hydrogen (secondary N) is 2. The van der Waals surface area contributed by atoms with Crippen molar-refractivity contribution in [1.82, 2.24) is 10.2 Å². The summed E-state index contributed by atoms with van der Waals surface area (Å²) >= 11 is 0. The monoisotopic (exact) mass is 209 g/mol. The molecular formula is C11H19N3O. The topological polar surface area (TPSA) is 49.9 Å². The van der Waals surface area contributed by atoms with Gasteiger partial charge in [-0.3, -0.25) is 5.10 Å². The van der Waals surface area contributed by atoms with Gasteiger partial charge in [0.25, 0.3) is 0 Å². The third-order valence-corrected chi connectivity index (χ3v) is 2.96. The lowest BCUT2D eigenvalue weighted by Crippen LogP contribution is -2.32. The molecule has 84 valence electrons. The Morgan fingerprint density at radius 3 is 2.87 bits per heavy atom. The molecule has 1 aliphatic heterocycles. The van der Waals surface area contributed by atoms with Gasteiger partial charge in [-0.25, -0.2) is 0 Å². The lowest BCUT2D eigenvalue weighted by molar-refractivity contribution is 0.0232. The summed E-state index contributed by atoms with van der Waals surface area (Å²) in [5.41, 5.74) is 3.33. The Labute approximate surface area is 90.4 Å². The number of H-pyrrole nitrogens is 1. The van der Waals surface area contributed by atoms with Crippen molar-refractivity contribution in [1.29, 1.82) is 0 Å². The molecule has 2 atom stereocenters. The highest BCUT2D eigenvalue weighted by molar-refractivity contribution is 5.52. The summed E-state index contributed by atoms with van der Waals surface area (Å²) in [7, 11) is 0. The van der Waals surface area contributed by atoms with E-state index in [-0.39, 0.29) is 0 Å². The van der Waals surface area contributed by atoms with Crippen LogP contribution in [0.4, 0.5) is 5.69 Å². The highest BCUT2D eigenvalue weighted by Crippen LogP contribution is 2.22. The van der Waals surface area contributed by atoms with Gasteiger partial charge in [0, 0.05) is 12.6 Å². The normalized spacial score (nSPS) is 26.6. The number of anilines is 1. The molecule has 2 heterocycles. The molecule has 1 fully saturated rings. The van der Waals surface area contributed by atoms with Gasteiger partial charge >= 0.3 is 0 Å². The molecule has 0 aromatic carbocycles. The highest BCUT2D eigenvalue weighted by atomic mass is 16.5. The van der Waals surface area contributed by atoms with Crippen LogP contribution in [0.3, 0.4) is 0 Å². The van der Waals surface area contributed by atoms with Gasteiger partial charge in [-0.1, -0.05) is 0 Å². The number of ether oxygens (including phenoxy) is 1. The molecule has 15 heavy (non-hydrogen) atoms. The molecule has 1 aliphatic rings. The largest absolute Gasteiger partial charge is 0.379 e. The lowest BCUT2D eigenvalue weighted by Gasteiger charge is -2.28. The third-order valence-electron chi connectivity index (χ3n) is 2.96. The molecule has 0 aliphatic carbocycles. The second-order valence-corrected chi connectivity index (χ2v) is 4.36. The SMILES string of the molecule is Cc1n[nH]c(C)c1NC1CCOC(C)C1. The molecule has 2 unspecified atom stereocenters. The molecule has 1 aromatic rings. The van der Waals surface area contributed by atoms with Crippen molar-refractivity contribution in [2.45, 2.75) is 45.8 Å². The van der Waals surface area contributed by atoms with Crippen LogP contribution in [0.25, 0.3) is 0 Å². The van der Waals surface area contributed by atoms with E-state index in [2.05, 4.69) is 22.4 Å². The minimum Gasteiger partial charge on any atom is -0.379 e. The molecule has 4 nitrogen and oxygen atoms in total. The summed E-state index contributed by atoms with van der Waals surface area (Å²) in [6.07, 6.45) is 2.52. The van der Waals surface area contributed by atoms with Crippen LogP contribution < -0.4 is 5.32 Å². The van der Waals surface area contributed by atoms with Gasteiger partial charge in [0.05, 0.1) is 23.2 Å². The average molecular weight is 209 g/mol. The Bertz CT molecular complexity index is 315. The van der Waals surface area contributed by atoms with Gasteiger partial charge in [0.15, 0.2) is 0 Å². The fourth-order valence-corrected chi connectivity index (χ4v) is 2.10. The van der Waals surface area contributed by atoms with Gasteiger partial charge in [-0.2, -0.15) is 5.10 Å². The van der Waals surface area contributed by atoms with Gasteiger partial charge in [0.2, 0.25) is 0 Å². The maximum Gasteiger partial charge on any atom is 0.0825 e. The zero-order valence-electron chi connectivity index (χ0n) is 9.63. The molecule has 1 saturated heterocycles. The van der Waals surface area contributed by atoms with Gasteiger partial charge in [0.1, 0.15) is 0 Å². The van der Waals surface area contributed by atoms with Crippen LogP contribution >= 0.6 is 0 Å². The van der Waals surface area contributed by atoms with E-state index in [0.717, 1.165) is 36.5 Å². The number of aryl methyl sites for hydroxylation is 2. The minimum absolute atomic E-state index is 0.365. The summed E-state index contributed by atoms with van der Waals surface area (Å²) in [5, 5.41) is 10.7. The van der Waals surface area contributed by atoms with Crippen molar-refractivity contribution in [2.24, 2.45) is 0 Å². The Kier molecular flexibility index (Phi) is 2.95. The number of rotatable bonds is 2. The van der Waals surface area contributed by atoms with Crippen molar-refractivity contribution < 1.29 is 4.74 Å². The van der Waals surface area contributed by atoms with E-state index in [1.54, 1.807) is 0 Å². The zero-order valence-corrected chi connectivity index (χ0v) is 9.63. The van der Waals surface area contributed by atoms with Crippen molar-refractivity contribution >= 4 is 5.69 Å². The number of aromatic nitrogens is 2. The smallest absolute Gasteiger partial charge is 0.0825 e. The molecule has 2 rings (SSSR count). The number of hydrogen-bond donors (Lipinski definition) is 2. The fraction of sp³-hybridized carbons (Fsp3) is 0.727. The molecule has 0 amide bonds. The summed E-state index contributed by atoms with van der Waals surface area (Å²) in [6.45, 7) is 7.05. The van der Waals surface area contributed by atoms with Crippen LogP contribution in [0, 0.1) is 13.8 Å². The quantitative estimate of drug-likeness (QED) is 0.783. The van der Waals surface area contributed by atoms with Crippen LogP contribution in [-0.2, 0) is 4.74 Å². The Balaban J connectivity index is 2.02. The van der Waals surface area contributed by atoms with Gasteiger partial charge in [-0.15, -0.1) is 0 Å². The molecule has 0 saturated carbocycles. The van der Waals surface area contributed by atoms with Crippen LogP contribution in [0.2, 0.25) is 0 Å². The molecule has 4 heteroatoms. The zero-order chi connectivity index (χ0) is 10.8. The molecule has 0 spiro atoms. The average Bonchev–Trinajstić information content (AvgIpc) is 2.50. The molecular weight excluding hydrogens is 190 g/mol. The predicted molar refractivity (Wildman–Crippen MR) is 60.1 cm³/mol. The summed E-state index contributed by atoms with van der Waals surface area (Å²) < 4.78 is 5.52. The first-order valence-electron chi connectivity index (χ1n) is 5.56. The maximum atomic E-state index is 5.52. The van der Waals surface area contributed by atoms with Crippen molar-refractivity contribution in [3.63, 3.8) is 0 Å². The van der Waals surface area contributed by atoms with E-state index in [4.69, 9.17) is 4.74 Å². The first-order valence-corrected chi connectivity index (χ1v) is 5.56. The standard InChI is InChI=1S/C11H19N3O/c1-7-6-10(4-5-15-7)12-11-8(2)13-14-9(11)3/h7,10,12H,4-6H2,1-3H3,(H,13,14). The first kappa shape index (κ1) is 10.5. The van der Waals surface area contributed by atoms with Crippen LogP contribution in [-0.4, -0.2) is 29.0 Å². The predicted octanol–water partition coefficient (Wildman–Crippen LogP) is 2.01. The fourth-order valence-electron chi connectivity index (χ4n) is 2.10. The van der Waals surface area contributed by atoms with Crippen LogP contribution in [0.15, 0.2) is 0 Å². The van der Waals surface area contributed by atoms with E-state index < -0.39 is 0 Å². The Hall–Kier alpha value is -1.03. The second kappa shape index (κ2) is 4.23. The summed E-state index contributed by atoms with van der Waals surface area (Å²) in [6, 6.07) is 0.517. The highest BCUT2D eigenvalue weighted by Gasteiger charge is 2.20. The second-order valence-electron chi connectivity index (χ2n) is 4.36. The number of nitrogens with zero attached hydrogens (tertiary/aromatic N) is 1. The minimum atomic E-state index is 0.365. The van der Waals surface area contributed by atoms with Gasteiger partial charge in [-0.05, 0) is 33.6 Å². The lowest BCUT2D eigenvalue weighted by atomic mass is 10.0. The molecule has 1 aromatic heterocycles. The summed E-state index contributed by atoms with van der Waals surface area (Å²) in [4.78, 5) is 0. The molecule has 0 bridgehead atoms. The maximum absolute atomic E-state index is 5.52. The summed E-state index contributed by atoms with van der Waals surface area (Å²) in [5.74, 6) is 0. The van der Waals surface area contributed by atoms with Crippen molar-refractivity contribution in [3.8, 4) is 0 Å². The first-order chi connectivity index (χ1) is 7.16. The molecule has 0 radical (unpaired) electrons. The van der Waals surface area contributed by atoms with E-state index in [1.807, 2.05) is 13.8 Å². The van der Waals surface area contributed by atoms with E-state index >= 15 is 0 Å². The van der Waals surface area contributed by atoms with Crippen molar-refractivity contribution in [2.75, 3.05) is 11.9 Å². The third kappa shape index (κ3) is 2.31. The van der Waals surface area contributed by atoms with E-state index in [1.165, 1.54) is 0 Å². The number of hydrogen-bond acceptors (Lipinski definition) is 3. The van der Waals surface area contributed by atoms with Crippen LogP contribution in [0.1, 0.15) is 31.2 Å². The van der Waals surface area contributed by atoms with E-state index in [9.17, 15) is 0 Å². The number of aromatic amines is 1. The van der Waals surface area contributed by atoms with Crippen LogP contribution in [0.5, 0.6) is 0 Å². The Morgan fingerprint density at radius 2 is 2.27 bits per heavy atom. The van der Waals surface area contributed by atoms with Gasteiger partial charge < -0.3 is 10.1 Å². The van der Waals surface area contributed by atoms with Crippen molar-refractivity contribution in [3.05, 3.63) is 11.4 Å².